The van der Waals surface area contributed by atoms with Crippen LogP contribution in [0, 0.1) is 5.92 Å². The zero-order chi connectivity index (χ0) is 16.2. The number of furan rings is 1. The minimum absolute atomic E-state index is 0.0482. The summed E-state index contributed by atoms with van der Waals surface area (Å²) in [6.07, 6.45) is 2.49. The first-order valence-corrected chi connectivity index (χ1v) is 8.04. The number of benzene rings is 1. The Morgan fingerprint density at radius 1 is 1.22 bits per heavy atom. The van der Waals surface area contributed by atoms with Crippen LogP contribution in [0.15, 0.2) is 53.1 Å². The van der Waals surface area contributed by atoms with Gasteiger partial charge in [0.25, 0.3) is 5.91 Å². The van der Waals surface area contributed by atoms with E-state index in [1.165, 1.54) is 5.56 Å². The van der Waals surface area contributed by atoms with Crippen molar-refractivity contribution in [1.82, 2.24) is 9.88 Å². The van der Waals surface area contributed by atoms with Crippen LogP contribution in [0.1, 0.15) is 29.9 Å². The van der Waals surface area contributed by atoms with E-state index in [1.54, 1.807) is 6.26 Å². The molecule has 1 N–H and O–H groups in total. The lowest BCUT2D eigenvalue weighted by atomic mass is 10.1. The third kappa shape index (κ3) is 3.47. The van der Waals surface area contributed by atoms with Gasteiger partial charge in [-0.2, -0.15) is 0 Å². The molecule has 0 aliphatic rings. The van der Waals surface area contributed by atoms with Gasteiger partial charge in [-0.1, -0.05) is 44.2 Å². The fourth-order valence-corrected chi connectivity index (χ4v) is 2.78. The van der Waals surface area contributed by atoms with Crippen LogP contribution >= 0.6 is 0 Å². The van der Waals surface area contributed by atoms with Crippen molar-refractivity contribution in [1.29, 1.82) is 0 Å². The molecule has 1 aromatic carbocycles. The third-order valence-electron chi connectivity index (χ3n) is 3.85. The highest BCUT2D eigenvalue weighted by Crippen LogP contribution is 2.22. The maximum Gasteiger partial charge on any atom is 0.268 e. The van der Waals surface area contributed by atoms with Gasteiger partial charge in [0, 0.05) is 25.2 Å². The topological polar surface area (TPSA) is 47.2 Å². The number of aromatic nitrogens is 1. The summed E-state index contributed by atoms with van der Waals surface area (Å²) in [6.45, 7) is 5.70. The van der Waals surface area contributed by atoms with Crippen LogP contribution in [0.2, 0.25) is 0 Å². The van der Waals surface area contributed by atoms with E-state index in [2.05, 4.69) is 31.3 Å². The quantitative estimate of drug-likeness (QED) is 0.751. The minimum atomic E-state index is -0.0482. The fourth-order valence-electron chi connectivity index (χ4n) is 2.78. The van der Waals surface area contributed by atoms with Crippen LogP contribution in [0.25, 0.3) is 11.1 Å². The summed E-state index contributed by atoms with van der Waals surface area (Å²) in [7, 11) is 0. The van der Waals surface area contributed by atoms with Crippen LogP contribution in [-0.4, -0.2) is 17.0 Å². The molecule has 0 aliphatic heterocycles. The summed E-state index contributed by atoms with van der Waals surface area (Å²) < 4.78 is 7.49. The molecule has 1 amide bonds. The Hall–Kier alpha value is -2.49. The Balaban J connectivity index is 1.71. The largest absolute Gasteiger partial charge is 0.463 e. The predicted octanol–water partition coefficient (Wildman–Crippen LogP) is 3.86. The SMILES string of the molecule is CC(C)Cn1c(C(=O)NCCc2ccccc2)cc2occc21. The number of rotatable bonds is 6. The molecule has 2 aromatic heterocycles. The summed E-state index contributed by atoms with van der Waals surface area (Å²) in [5, 5.41) is 3.01. The molecule has 3 aromatic rings. The van der Waals surface area contributed by atoms with Gasteiger partial charge in [0.15, 0.2) is 5.58 Å². The summed E-state index contributed by atoms with van der Waals surface area (Å²) >= 11 is 0. The number of nitrogens with zero attached hydrogens (tertiary/aromatic N) is 1. The lowest BCUT2D eigenvalue weighted by Gasteiger charge is -2.12. The molecule has 0 aliphatic carbocycles. The number of fused-ring (bicyclic) bond motifs is 1. The Kier molecular flexibility index (Phi) is 4.51. The van der Waals surface area contributed by atoms with E-state index < -0.39 is 0 Å². The molecule has 0 radical (unpaired) electrons. The molecule has 0 unspecified atom stereocenters. The average Bonchev–Trinajstić information content (AvgIpc) is 3.11. The lowest BCUT2D eigenvalue weighted by Crippen LogP contribution is -2.28. The second kappa shape index (κ2) is 6.73. The smallest absolute Gasteiger partial charge is 0.268 e. The van der Waals surface area contributed by atoms with E-state index in [-0.39, 0.29) is 5.91 Å². The van der Waals surface area contributed by atoms with E-state index in [4.69, 9.17) is 4.42 Å². The van der Waals surface area contributed by atoms with E-state index in [0.29, 0.717) is 18.2 Å². The van der Waals surface area contributed by atoms with Crippen LogP contribution < -0.4 is 5.32 Å². The van der Waals surface area contributed by atoms with Gasteiger partial charge in [-0.05, 0) is 17.9 Å². The van der Waals surface area contributed by atoms with Gasteiger partial charge in [0.1, 0.15) is 5.69 Å². The maximum absolute atomic E-state index is 12.5. The standard InChI is InChI=1S/C19H22N2O2/c1-14(2)13-21-16-9-11-23-18(16)12-17(21)19(22)20-10-8-15-6-4-3-5-7-15/h3-7,9,11-12,14H,8,10,13H2,1-2H3,(H,20,22). The first-order valence-electron chi connectivity index (χ1n) is 8.04. The lowest BCUT2D eigenvalue weighted by molar-refractivity contribution is 0.0944. The van der Waals surface area contributed by atoms with Crippen LogP contribution in [0.4, 0.5) is 0 Å². The van der Waals surface area contributed by atoms with Crippen molar-refractivity contribution in [3.05, 3.63) is 60.0 Å². The zero-order valence-electron chi connectivity index (χ0n) is 13.6. The zero-order valence-corrected chi connectivity index (χ0v) is 13.6. The van der Waals surface area contributed by atoms with Crippen molar-refractivity contribution in [3.8, 4) is 0 Å². The highest BCUT2D eigenvalue weighted by molar-refractivity contribution is 5.97. The summed E-state index contributed by atoms with van der Waals surface area (Å²) in [6, 6.07) is 13.9. The van der Waals surface area contributed by atoms with Crippen molar-refractivity contribution in [2.45, 2.75) is 26.8 Å². The number of carbonyl (C=O) groups is 1. The van der Waals surface area contributed by atoms with Gasteiger partial charge in [0.2, 0.25) is 0 Å². The molecule has 3 rings (SSSR count). The average molecular weight is 310 g/mol. The second-order valence-electron chi connectivity index (χ2n) is 6.20. The molecule has 0 bridgehead atoms. The molecular weight excluding hydrogens is 288 g/mol. The number of hydrogen-bond donors (Lipinski definition) is 1. The van der Waals surface area contributed by atoms with Crippen LogP contribution in [0.5, 0.6) is 0 Å². The molecule has 4 heteroatoms. The monoisotopic (exact) mass is 310 g/mol. The van der Waals surface area contributed by atoms with Crippen LogP contribution in [0.3, 0.4) is 0 Å². The van der Waals surface area contributed by atoms with Gasteiger partial charge in [0.05, 0.1) is 11.8 Å². The Bertz CT molecular complexity index is 784. The summed E-state index contributed by atoms with van der Waals surface area (Å²) in [5.41, 5.74) is 3.63. The van der Waals surface area contributed by atoms with Crippen LogP contribution in [-0.2, 0) is 13.0 Å². The van der Waals surface area contributed by atoms with Crippen molar-refractivity contribution in [2.24, 2.45) is 5.92 Å². The second-order valence-corrected chi connectivity index (χ2v) is 6.20. The molecular formula is C19H22N2O2. The first-order chi connectivity index (χ1) is 11.1. The molecule has 2 heterocycles. The Labute approximate surface area is 136 Å². The molecule has 0 saturated carbocycles. The highest BCUT2D eigenvalue weighted by Gasteiger charge is 2.17. The molecule has 0 fully saturated rings. The van der Waals surface area contributed by atoms with Crippen molar-refractivity contribution in [2.75, 3.05) is 6.54 Å². The first kappa shape index (κ1) is 15.4. The van der Waals surface area contributed by atoms with Crippen molar-refractivity contribution in [3.63, 3.8) is 0 Å². The fraction of sp³-hybridized carbons (Fsp3) is 0.316. The van der Waals surface area contributed by atoms with E-state index in [0.717, 1.165) is 24.1 Å². The van der Waals surface area contributed by atoms with Gasteiger partial charge < -0.3 is 14.3 Å². The molecule has 4 nitrogen and oxygen atoms in total. The maximum atomic E-state index is 12.5. The van der Waals surface area contributed by atoms with Crippen molar-refractivity contribution >= 4 is 17.0 Å². The van der Waals surface area contributed by atoms with E-state index in [1.807, 2.05) is 34.9 Å². The van der Waals surface area contributed by atoms with Crippen molar-refractivity contribution < 1.29 is 9.21 Å². The highest BCUT2D eigenvalue weighted by atomic mass is 16.3. The van der Waals surface area contributed by atoms with Gasteiger partial charge in [-0.25, -0.2) is 0 Å². The molecule has 120 valence electrons. The normalized spacial score (nSPS) is 11.3. The van der Waals surface area contributed by atoms with Gasteiger partial charge >= 0.3 is 0 Å². The predicted molar refractivity (Wildman–Crippen MR) is 91.5 cm³/mol. The van der Waals surface area contributed by atoms with Gasteiger partial charge in [-0.3, -0.25) is 4.79 Å². The third-order valence-corrected chi connectivity index (χ3v) is 3.85. The van der Waals surface area contributed by atoms with E-state index >= 15 is 0 Å². The van der Waals surface area contributed by atoms with Gasteiger partial charge in [-0.15, -0.1) is 0 Å². The number of hydrogen-bond acceptors (Lipinski definition) is 2. The molecule has 0 saturated heterocycles. The number of carbonyl (C=O) groups excluding carboxylic acids is 1. The Morgan fingerprint density at radius 2 is 2.00 bits per heavy atom. The Morgan fingerprint density at radius 3 is 2.74 bits per heavy atom. The molecule has 0 atom stereocenters. The number of amides is 1. The molecule has 23 heavy (non-hydrogen) atoms. The number of nitrogens with one attached hydrogen (secondary N) is 1. The van der Waals surface area contributed by atoms with E-state index in [9.17, 15) is 4.79 Å². The molecule has 0 spiro atoms. The summed E-state index contributed by atoms with van der Waals surface area (Å²) in [4.78, 5) is 12.5. The minimum Gasteiger partial charge on any atom is -0.463 e. The summed E-state index contributed by atoms with van der Waals surface area (Å²) in [5.74, 6) is 0.407.